The van der Waals surface area contributed by atoms with Gasteiger partial charge in [-0.15, -0.1) is 11.8 Å². The highest BCUT2D eigenvalue weighted by atomic mass is 35.5. The van der Waals surface area contributed by atoms with Crippen LogP contribution in [0.15, 0.2) is 59.5 Å². The molecule has 0 aliphatic heterocycles. The molecule has 0 radical (unpaired) electrons. The standard InChI is InChI=1S/C25H33ClN2O2S/c1-4-19(2)27-25(30)20(3)28(17-16-21-9-6-5-7-10-21)24(29)11-8-18-31-23-14-12-22(26)13-15-23/h5-7,9-10,12-15,19-20H,4,8,11,16-18H2,1-3H3,(H,27,30)/t19-,20-/m1/s1. The van der Waals surface area contributed by atoms with Gasteiger partial charge in [0.25, 0.3) is 0 Å². The summed E-state index contributed by atoms with van der Waals surface area (Å²) in [7, 11) is 0. The number of rotatable bonds is 12. The Labute approximate surface area is 195 Å². The van der Waals surface area contributed by atoms with E-state index >= 15 is 0 Å². The Bertz CT molecular complexity index is 814. The average molecular weight is 461 g/mol. The summed E-state index contributed by atoms with van der Waals surface area (Å²) in [5.74, 6) is 0.776. The van der Waals surface area contributed by atoms with Gasteiger partial charge in [-0.05, 0) is 68.7 Å². The first-order chi connectivity index (χ1) is 14.9. The molecule has 168 valence electrons. The molecule has 0 fully saturated rings. The maximum atomic E-state index is 13.0. The van der Waals surface area contributed by atoms with E-state index < -0.39 is 6.04 Å². The minimum Gasteiger partial charge on any atom is -0.352 e. The summed E-state index contributed by atoms with van der Waals surface area (Å²) in [5, 5.41) is 3.73. The molecule has 2 amide bonds. The third kappa shape index (κ3) is 8.96. The van der Waals surface area contributed by atoms with Gasteiger partial charge in [-0.25, -0.2) is 0 Å². The molecule has 2 atom stereocenters. The molecule has 31 heavy (non-hydrogen) atoms. The fourth-order valence-electron chi connectivity index (χ4n) is 3.12. The third-order valence-electron chi connectivity index (χ3n) is 5.27. The Kier molecular flexibility index (Phi) is 11.0. The van der Waals surface area contributed by atoms with Gasteiger partial charge in [-0.1, -0.05) is 48.9 Å². The van der Waals surface area contributed by atoms with Crippen LogP contribution in [0.4, 0.5) is 0 Å². The van der Waals surface area contributed by atoms with Gasteiger partial charge >= 0.3 is 0 Å². The van der Waals surface area contributed by atoms with Gasteiger partial charge in [0.2, 0.25) is 11.8 Å². The summed E-state index contributed by atoms with van der Waals surface area (Å²) in [6.07, 6.45) is 2.77. The Balaban J connectivity index is 1.93. The average Bonchev–Trinajstić information content (AvgIpc) is 2.78. The molecule has 0 aromatic heterocycles. The quantitative estimate of drug-likeness (QED) is 0.332. The Hall–Kier alpha value is -1.98. The van der Waals surface area contributed by atoms with Crippen LogP contribution < -0.4 is 5.32 Å². The van der Waals surface area contributed by atoms with Crippen molar-refractivity contribution in [2.75, 3.05) is 12.3 Å². The fourth-order valence-corrected chi connectivity index (χ4v) is 4.10. The molecule has 6 heteroatoms. The lowest BCUT2D eigenvalue weighted by molar-refractivity contribution is -0.140. The topological polar surface area (TPSA) is 49.4 Å². The number of thioether (sulfide) groups is 1. The molecule has 4 nitrogen and oxygen atoms in total. The molecule has 2 aromatic carbocycles. The zero-order chi connectivity index (χ0) is 22.6. The molecule has 0 saturated heterocycles. The molecule has 0 spiro atoms. The van der Waals surface area contributed by atoms with Crippen molar-refractivity contribution in [3.8, 4) is 0 Å². The fraction of sp³-hybridized carbons (Fsp3) is 0.440. The highest BCUT2D eigenvalue weighted by Crippen LogP contribution is 2.21. The Morgan fingerprint density at radius 2 is 1.74 bits per heavy atom. The van der Waals surface area contributed by atoms with Crippen LogP contribution in [0, 0.1) is 0 Å². The van der Waals surface area contributed by atoms with Gasteiger partial charge in [0.15, 0.2) is 0 Å². The molecule has 0 bridgehead atoms. The van der Waals surface area contributed by atoms with Gasteiger partial charge in [0.1, 0.15) is 6.04 Å². The van der Waals surface area contributed by atoms with Crippen LogP contribution >= 0.6 is 23.4 Å². The van der Waals surface area contributed by atoms with E-state index in [0.29, 0.717) is 13.0 Å². The van der Waals surface area contributed by atoms with Crippen molar-refractivity contribution < 1.29 is 9.59 Å². The number of amides is 2. The van der Waals surface area contributed by atoms with E-state index in [1.165, 1.54) is 0 Å². The summed E-state index contributed by atoms with van der Waals surface area (Å²) in [6.45, 7) is 6.37. The molecule has 2 rings (SSSR count). The second-order valence-electron chi connectivity index (χ2n) is 7.72. The molecule has 0 heterocycles. The summed E-state index contributed by atoms with van der Waals surface area (Å²) in [4.78, 5) is 28.6. The number of nitrogens with one attached hydrogen (secondary N) is 1. The first-order valence-corrected chi connectivity index (χ1v) is 12.3. The van der Waals surface area contributed by atoms with Crippen LogP contribution in [0.2, 0.25) is 5.02 Å². The monoisotopic (exact) mass is 460 g/mol. The number of hydrogen-bond acceptors (Lipinski definition) is 3. The molecule has 0 unspecified atom stereocenters. The molecule has 0 aliphatic carbocycles. The van der Waals surface area contributed by atoms with Crippen LogP contribution in [0.1, 0.15) is 45.6 Å². The van der Waals surface area contributed by atoms with Crippen molar-refractivity contribution >= 4 is 35.2 Å². The largest absolute Gasteiger partial charge is 0.352 e. The van der Waals surface area contributed by atoms with Crippen molar-refractivity contribution in [2.45, 2.75) is 63.4 Å². The highest BCUT2D eigenvalue weighted by Gasteiger charge is 2.26. The number of carbonyl (C=O) groups is 2. The first kappa shape index (κ1) is 25.3. The predicted molar refractivity (Wildman–Crippen MR) is 131 cm³/mol. The van der Waals surface area contributed by atoms with E-state index in [1.54, 1.807) is 16.7 Å². The van der Waals surface area contributed by atoms with Gasteiger partial charge < -0.3 is 10.2 Å². The van der Waals surface area contributed by atoms with Crippen LogP contribution in [-0.4, -0.2) is 41.1 Å². The molecule has 1 N–H and O–H groups in total. The van der Waals surface area contributed by atoms with Crippen LogP contribution in [0.25, 0.3) is 0 Å². The lowest BCUT2D eigenvalue weighted by Crippen LogP contribution is -2.50. The molecular weight excluding hydrogens is 428 g/mol. The molecule has 2 aromatic rings. The van der Waals surface area contributed by atoms with E-state index in [-0.39, 0.29) is 17.9 Å². The third-order valence-corrected chi connectivity index (χ3v) is 6.62. The van der Waals surface area contributed by atoms with E-state index in [0.717, 1.165) is 40.5 Å². The summed E-state index contributed by atoms with van der Waals surface area (Å²) in [5.41, 5.74) is 1.16. The van der Waals surface area contributed by atoms with E-state index in [1.807, 2.05) is 63.2 Å². The van der Waals surface area contributed by atoms with Gasteiger partial charge in [0, 0.05) is 28.9 Å². The molecule has 0 aliphatic rings. The first-order valence-electron chi connectivity index (χ1n) is 10.9. The van der Waals surface area contributed by atoms with Crippen molar-refractivity contribution in [3.63, 3.8) is 0 Å². The number of carbonyl (C=O) groups excluding carboxylic acids is 2. The number of hydrogen-bond donors (Lipinski definition) is 1. The van der Waals surface area contributed by atoms with Crippen molar-refractivity contribution in [2.24, 2.45) is 0 Å². The minimum atomic E-state index is -0.492. The predicted octanol–water partition coefficient (Wildman–Crippen LogP) is 5.59. The minimum absolute atomic E-state index is 0.0273. The second-order valence-corrected chi connectivity index (χ2v) is 9.33. The van der Waals surface area contributed by atoms with E-state index in [2.05, 4.69) is 17.4 Å². The number of halogens is 1. The smallest absolute Gasteiger partial charge is 0.242 e. The van der Waals surface area contributed by atoms with Crippen LogP contribution in [0.3, 0.4) is 0 Å². The zero-order valence-electron chi connectivity index (χ0n) is 18.6. The van der Waals surface area contributed by atoms with E-state index in [4.69, 9.17) is 11.6 Å². The van der Waals surface area contributed by atoms with Gasteiger partial charge in [0.05, 0.1) is 0 Å². The van der Waals surface area contributed by atoms with Crippen LogP contribution in [0.5, 0.6) is 0 Å². The summed E-state index contributed by atoms with van der Waals surface area (Å²) < 4.78 is 0. The molecular formula is C25H33ClN2O2S. The van der Waals surface area contributed by atoms with Crippen LogP contribution in [-0.2, 0) is 16.0 Å². The lowest BCUT2D eigenvalue weighted by Gasteiger charge is -2.29. The van der Waals surface area contributed by atoms with E-state index in [9.17, 15) is 9.59 Å². The second kappa shape index (κ2) is 13.4. The normalized spacial score (nSPS) is 12.8. The maximum absolute atomic E-state index is 13.0. The van der Waals surface area contributed by atoms with Crippen molar-refractivity contribution in [1.82, 2.24) is 10.2 Å². The number of nitrogens with zero attached hydrogens (tertiary/aromatic N) is 1. The summed E-state index contributed by atoms with van der Waals surface area (Å²) >= 11 is 7.64. The highest BCUT2D eigenvalue weighted by molar-refractivity contribution is 7.99. The van der Waals surface area contributed by atoms with Gasteiger partial charge in [-0.2, -0.15) is 0 Å². The Morgan fingerprint density at radius 1 is 1.06 bits per heavy atom. The Morgan fingerprint density at radius 3 is 2.39 bits per heavy atom. The van der Waals surface area contributed by atoms with Gasteiger partial charge in [-0.3, -0.25) is 9.59 Å². The SMILES string of the molecule is CC[C@@H](C)NC(=O)[C@@H](C)N(CCc1ccccc1)C(=O)CCCSc1ccc(Cl)cc1. The lowest BCUT2D eigenvalue weighted by atomic mass is 10.1. The molecule has 0 saturated carbocycles. The van der Waals surface area contributed by atoms with Crippen molar-refractivity contribution in [3.05, 3.63) is 65.2 Å². The number of benzene rings is 2. The summed E-state index contributed by atoms with van der Waals surface area (Å²) in [6, 6.07) is 17.4. The zero-order valence-corrected chi connectivity index (χ0v) is 20.2. The van der Waals surface area contributed by atoms with Crippen molar-refractivity contribution in [1.29, 1.82) is 0 Å². The maximum Gasteiger partial charge on any atom is 0.242 e.